The monoisotopic (exact) mass is 468 g/mol. The minimum atomic E-state index is -3.30. The molecule has 0 aliphatic carbocycles. The molecule has 2 unspecified atom stereocenters. The van der Waals surface area contributed by atoms with Crippen LogP contribution >= 0.6 is 26.8 Å². The van der Waals surface area contributed by atoms with Crippen LogP contribution < -0.4 is 3.58 Å². The van der Waals surface area contributed by atoms with E-state index >= 15 is 0 Å². The molecule has 2 atom stereocenters. The number of hydrogen-bond acceptors (Lipinski definition) is 0. The molecule has 22 heavy (non-hydrogen) atoms. The van der Waals surface area contributed by atoms with Crippen LogP contribution in [-0.4, -0.2) is 40.2 Å². The van der Waals surface area contributed by atoms with Gasteiger partial charge in [-0.3, -0.25) is 0 Å². The van der Waals surface area contributed by atoms with Crippen molar-refractivity contribution < 1.29 is 0 Å². The van der Waals surface area contributed by atoms with E-state index < -0.39 is 15.0 Å². The zero-order valence-corrected chi connectivity index (χ0v) is 17.8. The average molecular weight is 468 g/mol. The zero-order chi connectivity index (χ0) is 15.8. The number of nitrogens with zero attached hydrogens (tertiary/aromatic N) is 2. The van der Waals surface area contributed by atoms with Crippen molar-refractivity contribution in [2.24, 2.45) is 0 Å². The van der Waals surface area contributed by atoms with E-state index in [1.807, 2.05) is 30.3 Å². The first-order valence-corrected chi connectivity index (χ1v) is 20.3. The van der Waals surface area contributed by atoms with E-state index in [1.54, 1.807) is 0 Å². The van der Waals surface area contributed by atoms with E-state index in [2.05, 4.69) is 10.6 Å². The molecule has 0 bridgehead atoms. The zero-order valence-electron chi connectivity index (χ0n) is 12.7. The first-order chi connectivity index (χ1) is 10.6. The fourth-order valence-corrected chi connectivity index (χ4v) is 7.05. The van der Waals surface area contributed by atoms with Gasteiger partial charge >= 0.3 is 75.7 Å². The summed E-state index contributed by atoms with van der Waals surface area (Å²) in [6.45, 7) is 2.19. The molecule has 0 spiro atoms. The summed E-state index contributed by atoms with van der Waals surface area (Å²) in [5.74, 6) is 0. The van der Waals surface area contributed by atoms with Crippen LogP contribution in [0, 0.1) is 0 Å². The van der Waals surface area contributed by atoms with E-state index in [1.165, 1.54) is 38.5 Å². The van der Waals surface area contributed by atoms with Gasteiger partial charge in [-0.05, 0) is 0 Å². The molecule has 2 aliphatic rings. The van der Waals surface area contributed by atoms with Gasteiger partial charge in [-0.25, -0.2) is 0 Å². The quantitative estimate of drug-likeness (QED) is 0.521. The molecule has 2 fully saturated rings. The molecule has 6 heteroatoms. The molecule has 124 valence electrons. The molecule has 0 aromatic heterocycles. The molecular formula is C16H23Cl3N2Sn-2. The fourth-order valence-electron chi connectivity index (χ4n) is 2.88. The molecule has 1 aromatic rings. The van der Waals surface area contributed by atoms with E-state index in [9.17, 15) is 0 Å². The van der Waals surface area contributed by atoms with Crippen LogP contribution in [0.15, 0.2) is 30.3 Å². The van der Waals surface area contributed by atoms with Gasteiger partial charge in [0.25, 0.3) is 0 Å². The van der Waals surface area contributed by atoms with Crippen LogP contribution in [0.4, 0.5) is 0 Å². The van der Waals surface area contributed by atoms with Gasteiger partial charge in [-0.1, -0.05) is 38.5 Å². The Hall–Kier alpha value is 0.809. The maximum atomic E-state index is 5.80. The molecule has 3 rings (SSSR count). The molecule has 0 amide bonds. The van der Waals surface area contributed by atoms with E-state index in [-0.39, 0.29) is 0 Å². The summed E-state index contributed by atoms with van der Waals surface area (Å²) in [6, 6.07) is 10.6. The van der Waals surface area contributed by atoms with Crippen LogP contribution in [0.2, 0.25) is 0 Å². The van der Waals surface area contributed by atoms with Crippen LogP contribution in [0.5, 0.6) is 0 Å². The predicted molar refractivity (Wildman–Crippen MR) is 101 cm³/mol. The molecule has 2 saturated heterocycles. The Morgan fingerprint density at radius 1 is 0.773 bits per heavy atom. The topological polar surface area (TPSA) is 28.2 Å². The SMILES string of the molecule is C1CCC(C2CCCC[N-]2)[N-]C1.[Cl][Sn]([Cl])([Cl])[c]1ccccc1. The van der Waals surface area contributed by atoms with Crippen molar-refractivity contribution in [3.05, 3.63) is 41.0 Å². The second kappa shape index (κ2) is 9.95. The molecule has 0 radical (unpaired) electrons. The Balaban J connectivity index is 0.000000164. The van der Waals surface area contributed by atoms with Crippen molar-refractivity contribution >= 4 is 45.3 Å². The summed E-state index contributed by atoms with van der Waals surface area (Å²) in [5, 5.41) is 9.32. The van der Waals surface area contributed by atoms with Gasteiger partial charge in [-0.2, -0.15) is 12.1 Å². The molecule has 1 aromatic carbocycles. The standard InChI is InChI=1S/C10H18N2.C6H5.3ClH.Sn/c1-3-7-11-9(5-1)10-6-2-4-8-12-10;1-2-4-6-5-3-1;;;;/h9-10H,1-8H2;1-5H;3*1H;/q-2;;;;;+3/p-3. The third-order valence-corrected chi connectivity index (χ3v) is 11.3. The number of halogens is 3. The van der Waals surface area contributed by atoms with Crippen molar-refractivity contribution in [3.63, 3.8) is 0 Å². The molecule has 0 saturated carbocycles. The van der Waals surface area contributed by atoms with Crippen LogP contribution in [0.3, 0.4) is 0 Å². The maximum absolute atomic E-state index is 5.80. The predicted octanol–water partition coefficient (Wildman–Crippen LogP) is 5.39. The summed E-state index contributed by atoms with van der Waals surface area (Å²) in [4.78, 5) is 0. The second-order valence-electron chi connectivity index (χ2n) is 5.80. The summed E-state index contributed by atoms with van der Waals surface area (Å²) in [6.07, 6.45) is 7.97. The van der Waals surface area contributed by atoms with Gasteiger partial charge < -0.3 is 10.6 Å². The van der Waals surface area contributed by atoms with E-state index in [4.69, 9.17) is 26.8 Å². The third-order valence-electron chi connectivity index (χ3n) is 4.09. The second-order valence-corrected chi connectivity index (χ2v) is 25.6. The average Bonchev–Trinajstić information content (AvgIpc) is 2.57. The molecule has 2 heterocycles. The van der Waals surface area contributed by atoms with E-state index in [0.29, 0.717) is 12.1 Å². The van der Waals surface area contributed by atoms with Crippen LogP contribution in [0.25, 0.3) is 10.6 Å². The fraction of sp³-hybridized carbons (Fsp3) is 0.625. The Morgan fingerprint density at radius 2 is 1.27 bits per heavy atom. The third kappa shape index (κ3) is 6.74. The minimum absolute atomic E-state index is 0.596. The van der Waals surface area contributed by atoms with Crippen molar-refractivity contribution in [1.29, 1.82) is 0 Å². The first-order valence-electron chi connectivity index (χ1n) is 8.03. The molecule has 2 nitrogen and oxygen atoms in total. The van der Waals surface area contributed by atoms with Gasteiger partial charge in [0.2, 0.25) is 0 Å². The Labute approximate surface area is 149 Å². The van der Waals surface area contributed by atoms with Crippen LogP contribution in [0.1, 0.15) is 38.5 Å². The van der Waals surface area contributed by atoms with Crippen LogP contribution in [-0.2, 0) is 0 Å². The Kier molecular flexibility index (Phi) is 8.65. The Bertz CT molecular complexity index is 397. The molecule has 0 N–H and O–H groups in total. The van der Waals surface area contributed by atoms with Crippen molar-refractivity contribution in [2.45, 2.75) is 50.6 Å². The van der Waals surface area contributed by atoms with Crippen molar-refractivity contribution in [2.75, 3.05) is 13.1 Å². The van der Waals surface area contributed by atoms with Gasteiger partial charge in [-0.15, -0.1) is 13.1 Å². The summed E-state index contributed by atoms with van der Waals surface area (Å²) < 4.78 is 0.904. The van der Waals surface area contributed by atoms with Gasteiger partial charge in [0.15, 0.2) is 0 Å². The summed E-state index contributed by atoms with van der Waals surface area (Å²) >= 11 is -3.30. The van der Waals surface area contributed by atoms with Gasteiger partial charge in [0.1, 0.15) is 0 Å². The molecule has 2 aliphatic heterocycles. The summed E-state index contributed by atoms with van der Waals surface area (Å²) in [7, 11) is 17.4. The normalized spacial score (nSPS) is 26.0. The number of piperidine rings is 2. The summed E-state index contributed by atoms with van der Waals surface area (Å²) in [5.41, 5.74) is 0. The van der Waals surface area contributed by atoms with Crippen molar-refractivity contribution in [1.82, 2.24) is 0 Å². The van der Waals surface area contributed by atoms with E-state index in [0.717, 1.165) is 16.7 Å². The van der Waals surface area contributed by atoms with Gasteiger partial charge in [0.05, 0.1) is 0 Å². The number of hydrogen-bond donors (Lipinski definition) is 0. The Morgan fingerprint density at radius 3 is 1.59 bits per heavy atom. The first kappa shape index (κ1) is 19.1. The van der Waals surface area contributed by atoms with Gasteiger partial charge in [0, 0.05) is 0 Å². The molecular weight excluding hydrogens is 445 g/mol. The van der Waals surface area contributed by atoms with Crippen molar-refractivity contribution in [3.8, 4) is 0 Å². The number of rotatable bonds is 2. The number of benzene rings is 1.